The Kier molecular flexibility index (Phi) is 4.56. The fourth-order valence-corrected chi connectivity index (χ4v) is 2.88. The first kappa shape index (κ1) is 13.3. The van der Waals surface area contributed by atoms with Crippen molar-refractivity contribution in [1.29, 1.82) is 0 Å². The second-order valence-electron chi connectivity index (χ2n) is 4.02. The minimum Gasteiger partial charge on any atom is -0.497 e. The van der Waals surface area contributed by atoms with Gasteiger partial charge in [0, 0.05) is 10.6 Å². The van der Waals surface area contributed by atoms with E-state index < -0.39 is 0 Å². The van der Waals surface area contributed by atoms with E-state index in [0.29, 0.717) is 0 Å². The van der Waals surface area contributed by atoms with E-state index in [1.165, 1.54) is 5.56 Å². The van der Waals surface area contributed by atoms with Crippen LogP contribution in [0.25, 0.3) is 0 Å². The van der Waals surface area contributed by atoms with Gasteiger partial charge >= 0.3 is 0 Å². The van der Waals surface area contributed by atoms with E-state index in [1.807, 2.05) is 31.2 Å². The molecule has 0 unspecified atom stereocenters. The standard InChI is InChI=1S/C15H15ClOS/c1-11-4-3-5-14(15(11)16)18-10-12-6-8-13(17-2)9-7-12/h3-9H,10H2,1-2H3. The lowest BCUT2D eigenvalue weighted by molar-refractivity contribution is 0.414. The maximum Gasteiger partial charge on any atom is 0.118 e. The maximum absolute atomic E-state index is 6.27. The predicted molar refractivity (Wildman–Crippen MR) is 78.7 cm³/mol. The van der Waals surface area contributed by atoms with E-state index in [4.69, 9.17) is 16.3 Å². The predicted octanol–water partition coefficient (Wildman–Crippen LogP) is 4.95. The molecule has 0 bridgehead atoms. The molecular weight excluding hydrogens is 264 g/mol. The normalized spacial score (nSPS) is 10.4. The van der Waals surface area contributed by atoms with Crippen LogP contribution in [0.2, 0.25) is 5.02 Å². The lowest BCUT2D eigenvalue weighted by atomic mass is 10.2. The van der Waals surface area contributed by atoms with Gasteiger partial charge in [0.05, 0.1) is 12.1 Å². The van der Waals surface area contributed by atoms with Crippen LogP contribution in [0.5, 0.6) is 5.75 Å². The Labute approximate surface area is 117 Å². The lowest BCUT2D eigenvalue weighted by Crippen LogP contribution is -1.85. The molecule has 2 rings (SSSR count). The van der Waals surface area contributed by atoms with Gasteiger partial charge in [0.25, 0.3) is 0 Å². The highest BCUT2D eigenvalue weighted by Crippen LogP contribution is 2.32. The van der Waals surface area contributed by atoms with Crippen molar-refractivity contribution in [3.63, 3.8) is 0 Å². The van der Waals surface area contributed by atoms with Crippen molar-refractivity contribution in [2.45, 2.75) is 17.6 Å². The molecule has 2 aromatic rings. The molecule has 0 amide bonds. The largest absolute Gasteiger partial charge is 0.497 e. The van der Waals surface area contributed by atoms with Gasteiger partial charge in [-0.25, -0.2) is 0 Å². The van der Waals surface area contributed by atoms with Crippen LogP contribution in [0.1, 0.15) is 11.1 Å². The molecule has 1 nitrogen and oxygen atoms in total. The molecule has 0 aliphatic heterocycles. The van der Waals surface area contributed by atoms with Crippen molar-refractivity contribution in [2.75, 3.05) is 7.11 Å². The molecular formula is C15H15ClOS. The zero-order valence-electron chi connectivity index (χ0n) is 10.4. The molecule has 3 heteroatoms. The maximum atomic E-state index is 6.27. The number of methoxy groups -OCH3 is 1. The van der Waals surface area contributed by atoms with Crippen LogP contribution in [0.3, 0.4) is 0 Å². The first-order chi connectivity index (χ1) is 8.70. The highest BCUT2D eigenvalue weighted by molar-refractivity contribution is 7.98. The van der Waals surface area contributed by atoms with Crippen molar-refractivity contribution in [1.82, 2.24) is 0 Å². The molecule has 0 saturated heterocycles. The van der Waals surface area contributed by atoms with Gasteiger partial charge in [0.1, 0.15) is 5.75 Å². The third kappa shape index (κ3) is 3.21. The van der Waals surface area contributed by atoms with Gasteiger partial charge in [0.15, 0.2) is 0 Å². The van der Waals surface area contributed by atoms with Gasteiger partial charge in [-0.1, -0.05) is 35.9 Å². The van der Waals surface area contributed by atoms with Crippen LogP contribution in [0, 0.1) is 6.92 Å². The van der Waals surface area contributed by atoms with E-state index in [9.17, 15) is 0 Å². The number of ether oxygens (including phenoxy) is 1. The quantitative estimate of drug-likeness (QED) is 0.732. The van der Waals surface area contributed by atoms with Gasteiger partial charge in [0.2, 0.25) is 0 Å². The monoisotopic (exact) mass is 278 g/mol. The number of rotatable bonds is 4. The third-order valence-corrected chi connectivity index (χ3v) is 4.45. The minimum atomic E-state index is 0.857. The summed E-state index contributed by atoms with van der Waals surface area (Å²) in [6, 6.07) is 14.2. The topological polar surface area (TPSA) is 9.23 Å². The highest BCUT2D eigenvalue weighted by atomic mass is 35.5. The van der Waals surface area contributed by atoms with Crippen LogP contribution in [0.4, 0.5) is 0 Å². The lowest BCUT2D eigenvalue weighted by Gasteiger charge is -2.07. The molecule has 0 aromatic heterocycles. The van der Waals surface area contributed by atoms with Gasteiger partial charge in [-0.05, 0) is 36.2 Å². The summed E-state index contributed by atoms with van der Waals surface area (Å²) in [5, 5.41) is 0.857. The second-order valence-corrected chi connectivity index (χ2v) is 5.42. The molecule has 0 N–H and O–H groups in total. The molecule has 0 saturated carbocycles. The average molecular weight is 279 g/mol. The molecule has 0 aliphatic rings. The molecule has 94 valence electrons. The molecule has 0 aliphatic carbocycles. The van der Waals surface area contributed by atoms with Crippen molar-refractivity contribution >= 4 is 23.4 Å². The summed E-state index contributed by atoms with van der Waals surface area (Å²) in [5.41, 5.74) is 2.38. The van der Waals surface area contributed by atoms with Crippen LogP contribution in [0.15, 0.2) is 47.4 Å². The Morgan fingerprint density at radius 1 is 1.11 bits per heavy atom. The Morgan fingerprint density at radius 2 is 1.83 bits per heavy atom. The third-order valence-electron chi connectivity index (χ3n) is 2.71. The van der Waals surface area contributed by atoms with E-state index in [2.05, 4.69) is 18.2 Å². The molecule has 0 atom stereocenters. The van der Waals surface area contributed by atoms with Crippen LogP contribution < -0.4 is 4.74 Å². The molecule has 0 radical (unpaired) electrons. The van der Waals surface area contributed by atoms with Gasteiger partial charge < -0.3 is 4.74 Å². The summed E-state index contributed by atoms with van der Waals surface area (Å²) in [5.74, 6) is 1.80. The van der Waals surface area contributed by atoms with E-state index in [-0.39, 0.29) is 0 Å². The summed E-state index contributed by atoms with van der Waals surface area (Å²) in [7, 11) is 1.68. The van der Waals surface area contributed by atoms with Crippen molar-refractivity contribution in [3.8, 4) is 5.75 Å². The Hall–Kier alpha value is -1.12. The van der Waals surface area contributed by atoms with Crippen molar-refractivity contribution in [3.05, 3.63) is 58.6 Å². The van der Waals surface area contributed by atoms with Crippen LogP contribution >= 0.6 is 23.4 Å². The first-order valence-electron chi connectivity index (χ1n) is 5.71. The summed E-state index contributed by atoms with van der Waals surface area (Å²) in [6.45, 7) is 2.03. The summed E-state index contributed by atoms with van der Waals surface area (Å²) in [6.07, 6.45) is 0. The van der Waals surface area contributed by atoms with Crippen molar-refractivity contribution in [2.24, 2.45) is 0 Å². The molecule has 2 aromatic carbocycles. The van der Waals surface area contributed by atoms with Gasteiger partial charge in [-0.15, -0.1) is 11.8 Å². The number of thioether (sulfide) groups is 1. The molecule has 0 fully saturated rings. The van der Waals surface area contributed by atoms with Gasteiger partial charge in [-0.3, -0.25) is 0 Å². The number of aryl methyl sites for hydroxylation is 1. The summed E-state index contributed by atoms with van der Waals surface area (Å²) >= 11 is 8.02. The van der Waals surface area contributed by atoms with Gasteiger partial charge in [-0.2, -0.15) is 0 Å². The smallest absolute Gasteiger partial charge is 0.118 e. The van der Waals surface area contributed by atoms with E-state index >= 15 is 0 Å². The zero-order valence-corrected chi connectivity index (χ0v) is 12.0. The SMILES string of the molecule is COc1ccc(CSc2cccc(C)c2Cl)cc1. The first-order valence-corrected chi connectivity index (χ1v) is 7.08. The molecule has 0 spiro atoms. The number of hydrogen-bond acceptors (Lipinski definition) is 2. The minimum absolute atomic E-state index is 0.857. The Bertz CT molecular complexity index is 523. The van der Waals surface area contributed by atoms with Crippen LogP contribution in [-0.2, 0) is 5.75 Å². The number of halogens is 1. The molecule has 0 heterocycles. The number of benzene rings is 2. The zero-order chi connectivity index (χ0) is 13.0. The van der Waals surface area contributed by atoms with E-state index in [0.717, 1.165) is 27.0 Å². The summed E-state index contributed by atoms with van der Waals surface area (Å²) < 4.78 is 5.14. The fourth-order valence-electron chi connectivity index (χ4n) is 1.61. The second kappa shape index (κ2) is 6.17. The van der Waals surface area contributed by atoms with E-state index in [1.54, 1.807) is 18.9 Å². The Balaban J connectivity index is 2.04. The average Bonchev–Trinajstić information content (AvgIpc) is 2.41. The fraction of sp³-hybridized carbons (Fsp3) is 0.200. The molecule has 18 heavy (non-hydrogen) atoms. The van der Waals surface area contributed by atoms with Crippen LogP contribution in [-0.4, -0.2) is 7.11 Å². The highest BCUT2D eigenvalue weighted by Gasteiger charge is 2.04. The van der Waals surface area contributed by atoms with Crippen molar-refractivity contribution < 1.29 is 4.74 Å². The summed E-state index contributed by atoms with van der Waals surface area (Å²) in [4.78, 5) is 1.13. The number of hydrogen-bond donors (Lipinski definition) is 0. The Morgan fingerprint density at radius 3 is 2.50 bits per heavy atom.